The van der Waals surface area contributed by atoms with Crippen LogP contribution >= 0.6 is 0 Å². The number of nitrogens with zero attached hydrogens (tertiary/aromatic N) is 2. The highest BCUT2D eigenvalue weighted by atomic mass is 14.9. The number of hydrogen-bond acceptors (Lipinski definition) is 3. The van der Waals surface area contributed by atoms with Crippen LogP contribution in [0.15, 0.2) is 12.3 Å². The predicted molar refractivity (Wildman–Crippen MR) is 56.0 cm³/mol. The van der Waals surface area contributed by atoms with Crippen molar-refractivity contribution in [3.63, 3.8) is 0 Å². The molecule has 3 nitrogen and oxygen atoms in total. The van der Waals surface area contributed by atoms with Gasteiger partial charge in [0, 0.05) is 30.3 Å². The van der Waals surface area contributed by atoms with Crippen molar-refractivity contribution in [3.05, 3.63) is 23.8 Å². The molecule has 0 radical (unpaired) electrons. The van der Waals surface area contributed by atoms with Gasteiger partial charge in [-0.2, -0.15) is 0 Å². The molecule has 2 N–H and O–H groups in total. The smallest absolute Gasteiger partial charge is 0.131 e. The molecule has 1 aromatic rings. The van der Waals surface area contributed by atoms with E-state index in [0.717, 1.165) is 17.9 Å². The number of rotatable bonds is 3. The average Bonchev–Trinajstić information content (AvgIpc) is 1.99. The van der Waals surface area contributed by atoms with Crippen molar-refractivity contribution in [3.8, 4) is 0 Å². The summed E-state index contributed by atoms with van der Waals surface area (Å²) in [7, 11) is 0. The number of nitrogens with two attached hydrogens (primary N) is 1. The average molecular weight is 191 g/mol. The van der Waals surface area contributed by atoms with Gasteiger partial charge in [-0.15, -0.1) is 0 Å². The van der Waals surface area contributed by atoms with E-state index in [1.807, 2.05) is 19.2 Å². The van der Waals surface area contributed by atoms with Crippen molar-refractivity contribution >= 4 is 0 Å². The molecule has 0 amide bonds. The largest absolute Gasteiger partial charge is 0.328 e. The van der Waals surface area contributed by atoms with E-state index in [0.29, 0.717) is 5.92 Å². The summed E-state index contributed by atoms with van der Waals surface area (Å²) in [6.07, 6.45) is 6.54. The first-order chi connectivity index (χ1) is 6.75. The molecule has 1 heterocycles. The highest BCUT2D eigenvalue weighted by Crippen LogP contribution is 2.33. The maximum Gasteiger partial charge on any atom is 0.131 e. The standard InChI is InChI=1S/C11H17N3/c1-8(12)7-10-5-6-13-11(14-10)9-3-2-4-9/h5-6,8-9H,2-4,7,12H2,1H3. The Morgan fingerprint density at radius 1 is 1.57 bits per heavy atom. The third-order valence-electron chi connectivity index (χ3n) is 2.73. The van der Waals surface area contributed by atoms with Crippen LogP contribution in [0.25, 0.3) is 0 Å². The summed E-state index contributed by atoms with van der Waals surface area (Å²) >= 11 is 0. The lowest BCUT2D eigenvalue weighted by Gasteiger charge is -2.23. The molecule has 1 unspecified atom stereocenters. The van der Waals surface area contributed by atoms with E-state index in [9.17, 15) is 0 Å². The summed E-state index contributed by atoms with van der Waals surface area (Å²) in [5.41, 5.74) is 6.82. The Labute approximate surface area is 84.8 Å². The predicted octanol–water partition coefficient (Wildman–Crippen LogP) is 1.63. The summed E-state index contributed by atoms with van der Waals surface area (Å²) in [6.45, 7) is 2.01. The first-order valence-electron chi connectivity index (χ1n) is 5.33. The number of aromatic nitrogens is 2. The highest BCUT2D eigenvalue weighted by Gasteiger charge is 2.22. The zero-order chi connectivity index (χ0) is 9.97. The van der Waals surface area contributed by atoms with Crippen LogP contribution in [0.2, 0.25) is 0 Å². The van der Waals surface area contributed by atoms with Gasteiger partial charge in [0.1, 0.15) is 5.82 Å². The fourth-order valence-corrected chi connectivity index (χ4v) is 1.72. The van der Waals surface area contributed by atoms with E-state index in [1.165, 1.54) is 19.3 Å². The molecule has 0 saturated heterocycles. The molecule has 76 valence electrons. The van der Waals surface area contributed by atoms with Crippen molar-refractivity contribution < 1.29 is 0 Å². The fourth-order valence-electron chi connectivity index (χ4n) is 1.72. The topological polar surface area (TPSA) is 51.8 Å². The molecule has 1 aliphatic carbocycles. The summed E-state index contributed by atoms with van der Waals surface area (Å²) in [4.78, 5) is 8.86. The molecule has 0 aromatic carbocycles. The first-order valence-corrected chi connectivity index (χ1v) is 5.33. The molecule has 0 aliphatic heterocycles. The minimum atomic E-state index is 0.180. The van der Waals surface area contributed by atoms with Gasteiger partial charge in [-0.1, -0.05) is 6.42 Å². The molecule has 0 spiro atoms. The van der Waals surface area contributed by atoms with Gasteiger partial charge in [0.05, 0.1) is 0 Å². The van der Waals surface area contributed by atoms with Gasteiger partial charge in [0.2, 0.25) is 0 Å². The second kappa shape index (κ2) is 4.05. The van der Waals surface area contributed by atoms with Crippen molar-refractivity contribution in [2.75, 3.05) is 0 Å². The summed E-state index contributed by atoms with van der Waals surface area (Å²) in [5.74, 6) is 1.64. The SMILES string of the molecule is CC(N)Cc1ccnc(C2CCC2)n1. The lowest BCUT2D eigenvalue weighted by atomic mass is 9.85. The van der Waals surface area contributed by atoms with E-state index in [-0.39, 0.29) is 6.04 Å². The first kappa shape index (κ1) is 9.59. The Morgan fingerprint density at radius 3 is 2.93 bits per heavy atom. The third-order valence-corrected chi connectivity index (χ3v) is 2.73. The van der Waals surface area contributed by atoms with E-state index in [1.54, 1.807) is 0 Å². The van der Waals surface area contributed by atoms with Crippen molar-refractivity contribution in [1.29, 1.82) is 0 Å². The molecular weight excluding hydrogens is 174 g/mol. The minimum absolute atomic E-state index is 0.180. The Balaban J connectivity index is 2.09. The molecule has 1 atom stereocenters. The highest BCUT2D eigenvalue weighted by molar-refractivity contribution is 5.08. The molecule has 14 heavy (non-hydrogen) atoms. The zero-order valence-electron chi connectivity index (χ0n) is 8.61. The van der Waals surface area contributed by atoms with Gasteiger partial charge in [0.25, 0.3) is 0 Å². The lowest BCUT2D eigenvalue weighted by Crippen LogP contribution is -2.20. The van der Waals surface area contributed by atoms with Gasteiger partial charge in [-0.25, -0.2) is 9.97 Å². The van der Waals surface area contributed by atoms with Crippen LogP contribution in [0.4, 0.5) is 0 Å². The van der Waals surface area contributed by atoms with E-state index >= 15 is 0 Å². The van der Waals surface area contributed by atoms with E-state index < -0.39 is 0 Å². The number of hydrogen-bond donors (Lipinski definition) is 1. The zero-order valence-corrected chi connectivity index (χ0v) is 8.61. The van der Waals surface area contributed by atoms with Gasteiger partial charge in [-0.3, -0.25) is 0 Å². The van der Waals surface area contributed by atoms with Gasteiger partial charge >= 0.3 is 0 Å². The van der Waals surface area contributed by atoms with Crippen LogP contribution in [-0.4, -0.2) is 16.0 Å². The third kappa shape index (κ3) is 2.10. The summed E-state index contributed by atoms with van der Waals surface area (Å²) < 4.78 is 0. The van der Waals surface area contributed by atoms with Crippen LogP contribution in [-0.2, 0) is 6.42 Å². The Hall–Kier alpha value is -0.960. The summed E-state index contributed by atoms with van der Waals surface area (Å²) in [5, 5.41) is 0. The Kier molecular flexibility index (Phi) is 2.77. The molecule has 1 saturated carbocycles. The van der Waals surface area contributed by atoms with Crippen molar-refractivity contribution in [2.24, 2.45) is 5.73 Å². The molecular formula is C11H17N3. The van der Waals surface area contributed by atoms with Crippen LogP contribution in [0, 0.1) is 0 Å². The summed E-state index contributed by atoms with van der Waals surface area (Å²) in [6, 6.07) is 2.14. The van der Waals surface area contributed by atoms with Gasteiger partial charge in [-0.05, 0) is 25.8 Å². The Bertz CT molecular complexity index is 305. The molecule has 3 heteroatoms. The van der Waals surface area contributed by atoms with E-state index in [4.69, 9.17) is 5.73 Å². The van der Waals surface area contributed by atoms with Crippen LogP contribution < -0.4 is 5.73 Å². The minimum Gasteiger partial charge on any atom is -0.328 e. The second-order valence-electron chi connectivity index (χ2n) is 4.22. The van der Waals surface area contributed by atoms with Crippen LogP contribution in [0.5, 0.6) is 0 Å². The van der Waals surface area contributed by atoms with Gasteiger partial charge in [0.15, 0.2) is 0 Å². The van der Waals surface area contributed by atoms with E-state index in [2.05, 4.69) is 9.97 Å². The molecule has 2 rings (SSSR count). The van der Waals surface area contributed by atoms with Crippen molar-refractivity contribution in [2.45, 2.75) is 44.6 Å². The maximum absolute atomic E-state index is 5.74. The van der Waals surface area contributed by atoms with Crippen LogP contribution in [0.3, 0.4) is 0 Å². The van der Waals surface area contributed by atoms with Gasteiger partial charge < -0.3 is 5.73 Å². The molecule has 1 aliphatic rings. The quantitative estimate of drug-likeness (QED) is 0.790. The maximum atomic E-state index is 5.74. The Morgan fingerprint density at radius 2 is 2.36 bits per heavy atom. The normalized spacial score (nSPS) is 19.0. The fraction of sp³-hybridized carbons (Fsp3) is 0.636. The van der Waals surface area contributed by atoms with Crippen molar-refractivity contribution in [1.82, 2.24) is 9.97 Å². The molecule has 1 fully saturated rings. The second-order valence-corrected chi connectivity index (χ2v) is 4.22. The molecule has 1 aromatic heterocycles. The lowest BCUT2D eigenvalue weighted by molar-refractivity contribution is 0.400. The van der Waals surface area contributed by atoms with Crippen LogP contribution in [0.1, 0.15) is 43.6 Å². The monoisotopic (exact) mass is 191 g/mol. The molecule has 0 bridgehead atoms.